The normalized spacial score (nSPS) is 33.7. The van der Waals surface area contributed by atoms with E-state index >= 15 is 0 Å². The smallest absolute Gasteiger partial charge is 0.226 e. The third-order valence-corrected chi connectivity index (χ3v) is 6.51. The summed E-state index contributed by atoms with van der Waals surface area (Å²) in [6.07, 6.45) is 2.98. The highest BCUT2D eigenvalue weighted by atomic mass is 16.5. The fourth-order valence-corrected chi connectivity index (χ4v) is 4.97. The van der Waals surface area contributed by atoms with Gasteiger partial charge in [-0.15, -0.1) is 0 Å². The van der Waals surface area contributed by atoms with Gasteiger partial charge in [0.1, 0.15) is 0 Å². The molecule has 25 heavy (non-hydrogen) atoms. The highest BCUT2D eigenvalue weighted by molar-refractivity contribution is 5.82. The zero-order valence-electron chi connectivity index (χ0n) is 14.8. The van der Waals surface area contributed by atoms with Gasteiger partial charge in [0.05, 0.1) is 37.9 Å². The van der Waals surface area contributed by atoms with Gasteiger partial charge < -0.3 is 18.9 Å². The van der Waals surface area contributed by atoms with Crippen molar-refractivity contribution in [2.24, 2.45) is 17.8 Å². The van der Waals surface area contributed by atoms with Crippen molar-refractivity contribution < 1.29 is 14.3 Å². The number of hydrogen-bond acceptors (Lipinski definition) is 5. The predicted molar refractivity (Wildman–Crippen MR) is 90.0 cm³/mol. The number of piperazine rings is 1. The second-order valence-corrected chi connectivity index (χ2v) is 7.74. The number of ether oxygens (including phenoxy) is 2. The van der Waals surface area contributed by atoms with Crippen LogP contribution in [0.25, 0.3) is 0 Å². The molecule has 1 amide bonds. The van der Waals surface area contributed by atoms with Crippen LogP contribution in [0, 0.1) is 17.8 Å². The molecule has 2 unspecified atom stereocenters. The molecule has 3 aliphatic heterocycles. The molecule has 4 atom stereocenters. The van der Waals surface area contributed by atoms with Crippen molar-refractivity contribution in [2.45, 2.75) is 19.0 Å². The van der Waals surface area contributed by atoms with E-state index < -0.39 is 0 Å². The van der Waals surface area contributed by atoms with Crippen LogP contribution in [0.3, 0.4) is 0 Å². The maximum atomic E-state index is 12.9. The number of amides is 1. The first kappa shape index (κ1) is 15.8. The number of imidazole rings is 1. The minimum absolute atomic E-state index is 0.225. The topological polar surface area (TPSA) is 59.8 Å². The molecule has 2 saturated heterocycles. The third-order valence-electron chi connectivity index (χ3n) is 6.51. The van der Waals surface area contributed by atoms with Crippen LogP contribution >= 0.6 is 0 Å². The van der Waals surface area contributed by atoms with Crippen molar-refractivity contribution in [2.75, 3.05) is 53.1 Å². The Hall–Kier alpha value is -1.44. The number of methoxy groups -OCH3 is 1. The van der Waals surface area contributed by atoms with E-state index in [2.05, 4.69) is 14.4 Å². The molecule has 7 heteroatoms. The summed E-state index contributed by atoms with van der Waals surface area (Å²) in [4.78, 5) is 22.2. The number of aromatic nitrogens is 2. The quantitative estimate of drug-likeness (QED) is 0.778. The molecule has 5 rings (SSSR count). The lowest BCUT2D eigenvalue weighted by Gasteiger charge is -2.43. The fraction of sp³-hybridized carbons (Fsp3) is 0.778. The van der Waals surface area contributed by atoms with E-state index in [0.29, 0.717) is 24.3 Å². The molecular weight excluding hydrogens is 320 g/mol. The molecule has 4 heterocycles. The minimum atomic E-state index is 0.225. The van der Waals surface area contributed by atoms with Crippen molar-refractivity contribution in [1.29, 1.82) is 0 Å². The van der Waals surface area contributed by atoms with E-state index in [0.717, 1.165) is 52.4 Å². The molecule has 1 aromatic rings. The van der Waals surface area contributed by atoms with Gasteiger partial charge in [-0.2, -0.15) is 0 Å². The van der Waals surface area contributed by atoms with E-state index in [1.54, 1.807) is 7.11 Å². The first-order valence-corrected chi connectivity index (χ1v) is 9.41. The van der Waals surface area contributed by atoms with Gasteiger partial charge in [0.2, 0.25) is 5.91 Å². The summed E-state index contributed by atoms with van der Waals surface area (Å²) in [6.45, 7) is 6.75. The predicted octanol–water partition coefficient (Wildman–Crippen LogP) is 0.163. The van der Waals surface area contributed by atoms with Crippen LogP contribution in [0.4, 0.5) is 0 Å². The van der Waals surface area contributed by atoms with Crippen LogP contribution in [0.15, 0.2) is 6.33 Å². The third kappa shape index (κ3) is 2.52. The Balaban J connectivity index is 1.32. The van der Waals surface area contributed by atoms with E-state index in [1.807, 2.05) is 6.33 Å². The van der Waals surface area contributed by atoms with E-state index in [-0.39, 0.29) is 12.0 Å². The lowest BCUT2D eigenvalue weighted by atomic mass is 9.99. The summed E-state index contributed by atoms with van der Waals surface area (Å²) in [5.41, 5.74) is 2.49. The Morgan fingerprint density at radius 1 is 1.32 bits per heavy atom. The van der Waals surface area contributed by atoms with E-state index in [9.17, 15) is 4.79 Å². The molecule has 0 radical (unpaired) electrons. The summed E-state index contributed by atoms with van der Waals surface area (Å²) in [5, 5.41) is 0. The molecule has 0 bridgehead atoms. The zero-order valence-corrected chi connectivity index (χ0v) is 14.8. The second kappa shape index (κ2) is 6.07. The van der Waals surface area contributed by atoms with Crippen LogP contribution < -0.4 is 0 Å². The van der Waals surface area contributed by atoms with Gasteiger partial charge in [0, 0.05) is 57.9 Å². The molecule has 1 saturated carbocycles. The van der Waals surface area contributed by atoms with Crippen LogP contribution in [-0.2, 0) is 27.2 Å². The summed E-state index contributed by atoms with van der Waals surface area (Å²) in [6, 6.07) is 0.250. The van der Waals surface area contributed by atoms with Gasteiger partial charge in [-0.1, -0.05) is 0 Å². The average molecular weight is 346 g/mol. The average Bonchev–Trinajstić information content (AvgIpc) is 3.00. The Bertz CT molecular complexity index is 665. The van der Waals surface area contributed by atoms with Gasteiger partial charge in [0.25, 0.3) is 0 Å². The summed E-state index contributed by atoms with van der Waals surface area (Å²) >= 11 is 0. The molecule has 7 nitrogen and oxygen atoms in total. The number of carbonyl (C=O) groups excluding carboxylic acids is 1. The lowest BCUT2D eigenvalue weighted by molar-refractivity contribution is -0.137. The lowest BCUT2D eigenvalue weighted by Crippen LogP contribution is -2.53. The van der Waals surface area contributed by atoms with Gasteiger partial charge in [-0.3, -0.25) is 9.69 Å². The molecular formula is C18H26N4O3. The van der Waals surface area contributed by atoms with E-state index in [1.165, 1.54) is 11.4 Å². The molecule has 136 valence electrons. The number of nitrogens with zero attached hydrogens (tertiary/aromatic N) is 4. The number of rotatable bonds is 4. The van der Waals surface area contributed by atoms with Crippen LogP contribution in [-0.4, -0.2) is 78.4 Å². The molecule has 3 fully saturated rings. The van der Waals surface area contributed by atoms with Gasteiger partial charge in [-0.05, 0) is 11.8 Å². The first-order valence-electron chi connectivity index (χ1n) is 9.41. The monoisotopic (exact) mass is 346 g/mol. The molecule has 0 aromatic carbocycles. The van der Waals surface area contributed by atoms with Crippen molar-refractivity contribution in [1.82, 2.24) is 19.4 Å². The zero-order chi connectivity index (χ0) is 17.0. The highest BCUT2D eigenvalue weighted by Crippen LogP contribution is 2.51. The van der Waals surface area contributed by atoms with Crippen molar-refractivity contribution in [3.05, 3.63) is 17.7 Å². The summed E-state index contributed by atoms with van der Waals surface area (Å²) < 4.78 is 12.9. The van der Waals surface area contributed by atoms with Crippen LogP contribution in [0.2, 0.25) is 0 Å². The van der Waals surface area contributed by atoms with Crippen molar-refractivity contribution in [3.8, 4) is 0 Å². The summed E-state index contributed by atoms with van der Waals surface area (Å²) in [5.74, 6) is 1.55. The standard InChI is InChI=1S/C18H26N4O3/c1-24-7-6-22-11-19-17-14(22)2-3-20-4-5-21(8-15(17)20)18(23)16-12-9-25-10-13(12)16/h11-13,15-16H,2-10H2,1H3/t12-,13+,15?,16?. The second-order valence-electron chi connectivity index (χ2n) is 7.74. The Labute approximate surface area is 147 Å². The number of carbonyl (C=O) groups is 1. The fourth-order valence-electron chi connectivity index (χ4n) is 4.97. The number of fused-ring (bicyclic) bond motifs is 4. The maximum Gasteiger partial charge on any atom is 0.226 e. The largest absolute Gasteiger partial charge is 0.383 e. The molecule has 4 aliphatic rings. The SMILES string of the molecule is COCCn1cnc2c1CCN1CCN(C(=O)C3[C@H]4COC[C@@H]34)CC21. The van der Waals surface area contributed by atoms with Crippen LogP contribution in [0.5, 0.6) is 0 Å². The van der Waals surface area contributed by atoms with Gasteiger partial charge in [-0.25, -0.2) is 4.98 Å². The number of hydrogen-bond donors (Lipinski definition) is 0. The summed E-state index contributed by atoms with van der Waals surface area (Å²) in [7, 11) is 1.73. The van der Waals surface area contributed by atoms with Gasteiger partial charge in [0.15, 0.2) is 0 Å². The van der Waals surface area contributed by atoms with Crippen molar-refractivity contribution in [3.63, 3.8) is 0 Å². The Morgan fingerprint density at radius 3 is 2.96 bits per heavy atom. The molecule has 0 N–H and O–H groups in total. The van der Waals surface area contributed by atoms with Gasteiger partial charge >= 0.3 is 0 Å². The highest BCUT2D eigenvalue weighted by Gasteiger charge is 2.59. The maximum absolute atomic E-state index is 12.9. The molecule has 1 aromatic heterocycles. The first-order chi connectivity index (χ1) is 12.3. The van der Waals surface area contributed by atoms with Crippen molar-refractivity contribution >= 4 is 5.91 Å². The van der Waals surface area contributed by atoms with E-state index in [4.69, 9.17) is 14.5 Å². The molecule has 1 aliphatic carbocycles. The minimum Gasteiger partial charge on any atom is -0.383 e. The van der Waals surface area contributed by atoms with Crippen LogP contribution in [0.1, 0.15) is 17.4 Å². The Morgan fingerprint density at radius 2 is 2.16 bits per heavy atom. The molecule has 0 spiro atoms. The Kier molecular flexibility index (Phi) is 3.83.